The third-order valence-electron chi connectivity index (χ3n) is 1.76. The van der Waals surface area contributed by atoms with Crippen LogP contribution in [0.1, 0.15) is 10.4 Å². The van der Waals surface area contributed by atoms with Gasteiger partial charge in [-0.3, -0.25) is 4.79 Å². The number of H-pyrrole nitrogens is 1. The Labute approximate surface area is 86.5 Å². The van der Waals surface area contributed by atoms with E-state index in [1.165, 1.54) is 0 Å². The quantitative estimate of drug-likeness (QED) is 0.646. The van der Waals surface area contributed by atoms with Crippen LogP contribution in [0.15, 0.2) is 12.4 Å². The molecule has 3 nitrogen and oxygen atoms in total. The number of halogens is 2. The summed E-state index contributed by atoms with van der Waals surface area (Å²) >= 11 is 2.02. The number of carbonyl (C=O) groups is 1. The van der Waals surface area contributed by atoms with E-state index in [4.69, 9.17) is 0 Å². The van der Waals surface area contributed by atoms with Crippen molar-refractivity contribution in [3.63, 3.8) is 0 Å². The van der Waals surface area contributed by atoms with Gasteiger partial charge in [0.15, 0.2) is 12.1 Å². The summed E-state index contributed by atoms with van der Waals surface area (Å²) in [7, 11) is 0. The molecule has 0 unspecified atom stereocenters. The van der Waals surface area contributed by atoms with Gasteiger partial charge in [-0.25, -0.2) is 9.37 Å². The van der Waals surface area contributed by atoms with Gasteiger partial charge in [-0.15, -0.1) is 0 Å². The molecule has 1 N–H and O–H groups in total. The summed E-state index contributed by atoms with van der Waals surface area (Å²) in [6.45, 7) is 0. The molecular weight excluding hydrogens is 286 g/mol. The molecule has 66 valence electrons. The Morgan fingerprint density at radius 3 is 3.08 bits per heavy atom. The van der Waals surface area contributed by atoms with Gasteiger partial charge < -0.3 is 4.98 Å². The molecule has 2 aromatic rings. The van der Waals surface area contributed by atoms with Crippen LogP contribution in [-0.4, -0.2) is 16.3 Å². The molecule has 5 heteroatoms. The molecule has 0 fully saturated rings. The van der Waals surface area contributed by atoms with Crippen LogP contribution in [0.2, 0.25) is 0 Å². The molecule has 13 heavy (non-hydrogen) atoms. The van der Waals surface area contributed by atoms with Gasteiger partial charge in [0.1, 0.15) is 5.65 Å². The number of hydrogen-bond donors (Lipinski definition) is 1. The monoisotopic (exact) mass is 290 g/mol. The van der Waals surface area contributed by atoms with Crippen molar-refractivity contribution >= 4 is 39.9 Å². The molecule has 0 bridgehead atoms. The van der Waals surface area contributed by atoms with Crippen LogP contribution in [0.25, 0.3) is 11.0 Å². The van der Waals surface area contributed by atoms with Crippen molar-refractivity contribution in [1.29, 1.82) is 0 Å². The van der Waals surface area contributed by atoms with Crippen molar-refractivity contribution < 1.29 is 9.18 Å². The van der Waals surface area contributed by atoms with Crippen molar-refractivity contribution in [3.05, 3.63) is 27.3 Å². The summed E-state index contributed by atoms with van der Waals surface area (Å²) in [4.78, 5) is 17.3. The van der Waals surface area contributed by atoms with Gasteiger partial charge in [-0.05, 0) is 22.6 Å². The molecule has 0 spiro atoms. The number of aromatic amines is 1. The van der Waals surface area contributed by atoms with Crippen LogP contribution in [-0.2, 0) is 0 Å². The lowest BCUT2D eigenvalue weighted by Crippen LogP contribution is -1.91. The van der Waals surface area contributed by atoms with Gasteiger partial charge in [0.05, 0.1) is 11.8 Å². The number of fused-ring (bicyclic) bond motifs is 1. The summed E-state index contributed by atoms with van der Waals surface area (Å²) in [5.74, 6) is -0.583. The predicted molar refractivity (Wildman–Crippen MR) is 54.2 cm³/mol. The predicted octanol–water partition coefficient (Wildman–Crippen LogP) is 2.12. The summed E-state index contributed by atoms with van der Waals surface area (Å²) in [5, 5.41) is 0.551. The number of nitrogens with zero attached hydrogens (tertiary/aromatic N) is 1. The van der Waals surface area contributed by atoms with E-state index >= 15 is 0 Å². The standard InChI is InChI=1S/C8H4FIN2O/c9-5-1-11-8-7(4(5)3-13)6(10)2-12-8/h1-3H,(H,11,12). The molecule has 0 aliphatic heterocycles. The summed E-state index contributed by atoms with van der Waals surface area (Å²) in [6.07, 6.45) is 3.23. The number of rotatable bonds is 1. The largest absolute Gasteiger partial charge is 0.345 e. The van der Waals surface area contributed by atoms with E-state index in [0.29, 0.717) is 17.3 Å². The minimum Gasteiger partial charge on any atom is -0.345 e. The van der Waals surface area contributed by atoms with Gasteiger partial charge >= 0.3 is 0 Å². The Morgan fingerprint density at radius 2 is 2.38 bits per heavy atom. The zero-order chi connectivity index (χ0) is 9.42. The number of pyridine rings is 1. The van der Waals surface area contributed by atoms with E-state index in [0.717, 1.165) is 9.77 Å². The van der Waals surface area contributed by atoms with Crippen molar-refractivity contribution in [2.45, 2.75) is 0 Å². The number of hydrogen-bond acceptors (Lipinski definition) is 2. The fourth-order valence-electron chi connectivity index (χ4n) is 1.17. The zero-order valence-corrected chi connectivity index (χ0v) is 8.50. The maximum atomic E-state index is 13.1. The molecule has 0 aromatic carbocycles. The topological polar surface area (TPSA) is 45.8 Å². The molecule has 0 radical (unpaired) electrons. The normalized spacial score (nSPS) is 10.6. The van der Waals surface area contributed by atoms with Crippen molar-refractivity contribution in [2.24, 2.45) is 0 Å². The van der Waals surface area contributed by atoms with Crippen molar-refractivity contribution in [2.75, 3.05) is 0 Å². The second-order valence-electron chi connectivity index (χ2n) is 2.50. The average Bonchev–Trinajstić information content (AvgIpc) is 2.49. The molecule has 2 aromatic heterocycles. The smallest absolute Gasteiger partial charge is 0.153 e. The van der Waals surface area contributed by atoms with Crippen LogP contribution in [0.4, 0.5) is 4.39 Å². The van der Waals surface area contributed by atoms with E-state index in [2.05, 4.69) is 9.97 Å². The van der Waals surface area contributed by atoms with Crippen molar-refractivity contribution in [3.8, 4) is 0 Å². The Hall–Kier alpha value is -0.980. The number of nitrogens with one attached hydrogen (secondary N) is 1. The second kappa shape index (κ2) is 3.06. The van der Waals surface area contributed by atoms with E-state index in [1.54, 1.807) is 6.20 Å². The molecule has 0 amide bonds. The molecule has 0 atom stereocenters. The number of carbonyl (C=O) groups excluding carboxylic acids is 1. The Morgan fingerprint density at radius 1 is 1.62 bits per heavy atom. The maximum absolute atomic E-state index is 13.1. The molecule has 0 aliphatic rings. The SMILES string of the molecule is O=Cc1c(F)cnc2[nH]cc(I)c12. The molecule has 0 aliphatic carbocycles. The Kier molecular flexibility index (Phi) is 2.03. The summed E-state index contributed by atoms with van der Waals surface area (Å²) < 4.78 is 13.9. The first kappa shape index (κ1) is 8.61. The molecule has 2 heterocycles. The van der Waals surface area contributed by atoms with E-state index in [-0.39, 0.29) is 5.56 Å². The van der Waals surface area contributed by atoms with Gasteiger partial charge in [-0.2, -0.15) is 0 Å². The van der Waals surface area contributed by atoms with Gasteiger partial charge in [0, 0.05) is 15.2 Å². The first-order valence-electron chi connectivity index (χ1n) is 3.50. The van der Waals surface area contributed by atoms with Crippen LogP contribution in [0, 0.1) is 9.39 Å². The minimum absolute atomic E-state index is 0.0654. The first-order chi connectivity index (χ1) is 6.24. The lowest BCUT2D eigenvalue weighted by Gasteiger charge is -1.96. The number of aromatic nitrogens is 2. The molecule has 0 saturated carbocycles. The van der Waals surface area contributed by atoms with E-state index in [1.807, 2.05) is 22.6 Å². The molecular formula is C8H4FIN2O. The lowest BCUT2D eigenvalue weighted by atomic mass is 10.2. The zero-order valence-electron chi connectivity index (χ0n) is 6.34. The Balaban J connectivity index is 2.96. The van der Waals surface area contributed by atoms with Crippen LogP contribution < -0.4 is 0 Å². The third kappa shape index (κ3) is 1.23. The van der Waals surface area contributed by atoms with Crippen LogP contribution >= 0.6 is 22.6 Å². The summed E-state index contributed by atoms with van der Waals surface area (Å²) in [5.41, 5.74) is 0.601. The highest BCUT2D eigenvalue weighted by molar-refractivity contribution is 14.1. The highest BCUT2D eigenvalue weighted by atomic mass is 127. The second-order valence-corrected chi connectivity index (χ2v) is 3.66. The van der Waals surface area contributed by atoms with Crippen LogP contribution in [0.3, 0.4) is 0 Å². The fraction of sp³-hybridized carbons (Fsp3) is 0. The van der Waals surface area contributed by atoms with Gasteiger partial charge in [-0.1, -0.05) is 0 Å². The molecule has 0 saturated heterocycles. The van der Waals surface area contributed by atoms with Crippen molar-refractivity contribution in [1.82, 2.24) is 9.97 Å². The Bertz CT molecular complexity index is 480. The van der Waals surface area contributed by atoms with Crippen LogP contribution in [0.5, 0.6) is 0 Å². The van der Waals surface area contributed by atoms with E-state index in [9.17, 15) is 9.18 Å². The third-order valence-corrected chi connectivity index (χ3v) is 2.61. The van der Waals surface area contributed by atoms with Gasteiger partial charge in [0.25, 0.3) is 0 Å². The highest BCUT2D eigenvalue weighted by Crippen LogP contribution is 2.22. The molecule has 2 rings (SSSR count). The van der Waals surface area contributed by atoms with Gasteiger partial charge in [0.2, 0.25) is 0 Å². The van der Waals surface area contributed by atoms with E-state index < -0.39 is 5.82 Å². The lowest BCUT2D eigenvalue weighted by molar-refractivity contribution is 0.112. The summed E-state index contributed by atoms with van der Waals surface area (Å²) in [6, 6.07) is 0. The number of aldehydes is 1. The average molecular weight is 290 g/mol. The highest BCUT2D eigenvalue weighted by Gasteiger charge is 2.11. The first-order valence-corrected chi connectivity index (χ1v) is 4.58. The fourth-order valence-corrected chi connectivity index (χ4v) is 1.87. The maximum Gasteiger partial charge on any atom is 0.153 e. The minimum atomic E-state index is -0.583.